The van der Waals surface area contributed by atoms with Crippen molar-refractivity contribution in [3.8, 4) is 0 Å². The molecule has 1 saturated carbocycles. The molecule has 1 aromatic carbocycles. The number of nitrogens with one attached hydrogen (secondary N) is 2. The van der Waals surface area contributed by atoms with Gasteiger partial charge in [-0.05, 0) is 42.9 Å². The van der Waals surface area contributed by atoms with Gasteiger partial charge in [0, 0.05) is 6.54 Å². The Balaban J connectivity index is 1.96. The maximum Gasteiger partial charge on any atom is 0.335 e. The van der Waals surface area contributed by atoms with E-state index in [1.165, 1.54) is 6.42 Å². The molecular weight excluding hydrogens is 275 g/mol. The molecule has 0 radical (unpaired) electrons. The molecule has 0 spiro atoms. The predicted octanol–water partition coefficient (Wildman–Crippen LogP) is 3.23. The van der Waals surface area contributed by atoms with Gasteiger partial charge in [-0.2, -0.15) is 0 Å². The lowest BCUT2D eigenvalue weighted by molar-refractivity contribution is 0.0697. The highest BCUT2D eigenvalue weighted by Crippen LogP contribution is 2.43. The highest BCUT2D eigenvalue weighted by Gasteiger charge is 2.35. The lowest BCUT2D eigenvalue weighted by Crippen LogP contribution is -2.43. The number of benzene rings is 1. The fraction of sp³-hybridized carbons (Fsp3) is 0.467. The summed E-state index contributed by atoms with van der Waals surface area (Å²) in [6, 6.07) is 2.77. The molecule has 0 atom stereocenters. The van der Waals surface area contributed by atoms with Crippen molar-refractivity contribution in [3.05, 3.63) is 29.6 Å². The number of hydrogen-bond donors (Lipinski definition) is 3. The Labute approximate surface area is 122 Å². The standard InChI is InChI=1S/C15H19FN2O3/c1-2-15(6-3-7-15)9-17-14(21)18-12-8-10(13(19)20)4-5-11(12)16/h4-5,8H,2-3,6-7,9H2,1H3,(H,19,20)(H2,17,18,21). The molecule has 6 heteroatoms. The molecule has 0 aromatic heterocycles. The summed E-state index contributed by atoms with van der Waals surface area (Å²) in [5, 5.41) is 14.0. The van der Waals surface area contributed by atoms with Crippen LogP contribution in [0.5, 0.6) is 0 Å². The van der Waals surface area contributed by atoms with E-state index in [4.69, 9.17) is 5.11 Å². The molecule has 2 rings (SSSR count). The molecular formula is C15H19FN2O3. The fourth-order valence-corrected chi connectivity index (χ4v) is 2.52. The molecule has 0 unspecified atom stereocenters. The van der Waals surface area contributed by atoms with Gasteiger partial charge in [-0.25, -0.2) is 14.0 Å². The molecule has 0 saturated heterocycles. The van der Waals surface area contributed by atoms with E-state index in [1.54, 1.807) is 0 Å². The summed E-state index contributed by atoms with van der Waals surface area (Å²) in [5.74, 6) is -1.83. The van der Waals surface area contributed by atoms with Gasteiger partial charge < -0.3 is 15.7 Å². The quantitative estimate of drug-likeness (QED) is 0.780. The molecule has 0 heterocycles. The second kappa shape index (κ2) is 6.11. The van der Waals surface area contributed by atoms with E-state index in [9.17, 15) is 14.0 Å². The Bertz CT molecular complexity index is 550. The number of rotatable bonds is 5. The highest BCUT2D eigenvalue weighted by molar-refractivity contribution is 5.93. The van der Waals surface area contributed by atoms with E-state index in [2.05, 4.69) is 17.6 Å². The smallest absolute Gasteiger partial charge is 0.335 e. The van der Waals surface area contributed by atoms with Crippen molar-refractivity contribution < 1.29 is 19.1 Å². The van der Waals surface area contributed by atoms with Gasteiger partial charge >= 0.3 is 12.0 Å². The Hall–Kier alpha value is -2.11. The van der Waals surface area contributed by atoms with Crippen LogP contribution in [-0.2, 0) is 0 Å². The molecule has 1 aliphatic carbocycles. The van der Waals surface area contributed by atoms with Crippen molar-refractivity contribution in [1.29, 1.82) is 0 Å². The average molecular weight is 294 g/mol. The molecule has 1 fully saturated rings. The van der Waals surface area contributed by atoms with Gasteiger partial charge in [0.2, 0.25) is 0 Å². The number of halogens is 1. The predicted molar refractivity (Wildman–Crippen MR) is 77.0 cm³/mol. The number of carbonyl (C=O) groups is 2. The zero-order chi connectivity index (χ0) is 15.5. The first-order valence-corrected chi connectivity index (χ1v) is 7.03. The topological polar surface area (TPSA) is 78.4 Å². The largest absolute Gasteiger partial charge is 0.478 e. The summed E-state index contributed by atoms with van der Waals surface area (Å²) >= 11 is 0. The summed E-state index contributed by atoms with van der Waals surface area (Å²) in [5.41, 5.74) is -0.0407. The fourth-order valence-electron chi connectivity index (χ4n) is 2.52. The summed E-state index contributed by atoms with van der Waals surface area (Å²) in [4.78, 5) is 22.7. The van der Waals surface area contributed by atoms with Crippen molar-refractivity contribution in [2.45, 2.75) is 32.6 Å². The van der Waals surface area contributed by atoms with Crippen LogP contribution in [0.25, 0.3) is 0 Å². The Morgan fingerprint density at radius 3 is 2.62 bits per heavy atom. The van der Waals surface area contributed by atoms with Crippen LogP contribution in [-0.4, -0.2) is 23.7 Å². The van der Waals surface area contributed by atoms with Crippen LogP contribution < -0.4 is 10.6 Å². The minimum atomic E-state index is -1.17. The molecule has 5 nitrogen and oxygen atoms in total. The van der Waals surface area contributed by atoms with E-state index in [0.717, 1.165) is 37.5 Å². The summed E-state index contributed by atoms with van der Waals surface area (Å²) in [6.07, 6.45) is 4.35. The van der Waals surface area contributed by atoms with Gasteiger partial charge in [0.15, 0.2) is 0 Å². The number of carboxylic acids is 1. The Morgan fingerprint density at radius 1 is 1.38 bits per heavy atom. The molecule has 1 aliphatic rings. The van der Waals surface area contributed by atoms with E-state index >= 15 is 0 Å². The van der Waals surface area contributed by atoms with Gasteiger partial charge in [0.05, 0.1) is 11.3 Å². The monoisotopic (exact) mass is 294 g/mol. The lowest BCUT2D eigenvalue weighted by atomic mass is 9.67. The first-order chi connectivity index (χ1) is 9.96. The summed E-state index contributed by atoms with van der Waals surface area (Å²) < 4.78 is 13.6. The third kappa shape index (κ3) is 3.51. The first-order valence-electron chi connectivity index (χ1n) is 7.03. The van der Waals surface area contributed by atoms with Gasteiger partial charge in [-0.3, -0.25) is 0 Å². The average Bonchev–Trinajstić information content (AvgIpc) is 2.40. The molecule has 21 heavy (non-hydrogen) atoms. The summed E-state index contributed by atoms with van der Waals surface area (Å²) in [6.45, 7) is 2.64. The van der Waals surface area contributed by atoms with Crippen LogP contribution in [0.15, 0.2) is 18.2 Å². The lowest BCUT2D eigenvalue weighted by Gasteiger charge is -2.41. The number of amides is 2. The molecule has 1 aromatic rings. The van der Waals surface area contributed by atoms with Crippen molar-refractivity contribution >= 4 is 17.7 Å². The van der Waals surface area contributed by atoms with Crippen LogP contribution >= 0.6 is 0 Å². The van der Waals surface area contributed by atoms with Crippen molar-refractivity contribution in [2.24, 2.45) is 5.41 Å². The van der Waals surface area contributed by atoms with Crippen LogP contribution in [0, 0.1) is 11.2 Å². The molecule has 2 amide bonds. The molecule has 0 bridgehead atoms. The maximum absolute atomic E-state index is 13.6. The van der Waals surface area contributed by atoms with Crippen molar-refractivity contribution in [1.82, 2.24) is 5.32 Å². The second-order valence-corrected chi connectivity index (χ2v) is 5.51. The zero-order valence-electron chi connectivity index (χ0n) is 11.9. The minimum absolute atomic E-state index is 0.0734. The SMILES string of the molecule is CCC1(CNC(=O)Nc2cc(C(=O)O)ccc2F)CCC1. The van der Waals surface area contributed by atoms with Crippen molar-refractivity contribution in [2.75, 3.05) is 11.9 Å². The molecule has 114 valence electrons. The third-order valence-corrected chi connectivity index (χ3v) is 4.25. The number of carboxylic acid groups (broad SMARTS) is 1. The second-order valence-electron chi connectivity index (χ2n) is 5.51. The van der Waals surface area contributed by atoms with Gasteiger partial charge in [0.1, 0.15) is 5.82 Å². The molecule has 3 N–H and O–H groups in total. The first kappa shape index (κ1) is 15.3. The minimum Gasteiger partial charge on any atom is -0.478 e. The number of aromatic carboxylic acids is 1. The van der Waals surface area contributed by atoms with Crippen molar-refractivity contribution in [3.63, 3.8) is 0 Å². The van der Waals surface area contributed by atoms with E-state index in [-0.39, 0.29) is 16.7 Å². The summed E-state index contributed by atoms with van der Waals surface area (Å²) in [7, 11) is 0. The molecule has 0 aliphatic heterocycles. The van der Waals surface area contributed by atoms with Crippen LogP contribution in [0.2, 0.25) is 0 Å². The highest BCUT2D eigenvalue weighted by atomic mass is 19.1. The van der Waals surface area contributed by atoms with E-state index in [1.807, 2.05) is 0 Å². The maximum atomic E-state index is 13.6. The Kier molecular flexibility index (Phi) is 4.45. The van der Waals surface area contributed by atoms with Gasteiger partial charge in [-0.1, -0.05) is 13.3 Å². The van der Waals surface area contributed by atoms with Crippen LogP contribution in [0.1, 0.15) is 43.0 Å². The third-order valence-electron chi connectivity index (χ3n) is 4.25. The van der Waals surface area contributed by atoms with E-state index in [0.29, 0.717) is 6.54 Å². The normalized spacial score (nSPS) is 15.9. The Morgan fingerprint density at radius 2 is 2.10 bits per heavy atom. The number of hydrogen-bond acceptors (Lipinski definition) is 2. The number of anilines is 1. The van der Waals surface area contributed by atoms with Crippen LogP contribution in [0.3, 0.4) is 0 Å². The number of urea groups is 1. The van der Waals surface area contributed by atoms with E-state index < -0.39 is 17.8 Å². The van der Waals surface area contributed by atoms with Gasteiger partial charge in [-0.15, -0.1) is 0 Å². The zero-order valence-corrected chi connectivity index (χ0v) is 11.9. The number of carbonyl (C=O) groups excluding carboxylic acids is 1. The van der Waals surface area contributed by atoms with Gasteiger partial charge in [0.25, 0.3) is 0 Å². The van der Waals surface area contributed by atoms with Crippen LogP contribution in [0.4, 0.5) is 14.9 Å².